The maximum Gasteiger partial charge on any atom is 0.300 e. The van der Waals surface area contributed by atoms with Gasteiger partial charge in [-0.05, 0) is 54.7 Å². The lowest BCUT2D eigenvalue weighted by molar-refractivity contribution is 0.0924. The average Bonchev–Trinajstić information content (AvgIpc) is 3.12. The summed E-state index contributed by atoms with van der Waals surface area (Å²) in [7, 11) is 0. The number of nitrogens with two attached hydrogens (primary N) is 1. The highest BCUT2D eigenvalue weighted by molar-refractivity contribution is 7.98. The van der Waals surface area contributed by atoms with Crippen LogP contribution in [0.15, 0.2) is 39.6 Å². The van der Waals surface area contributed by atoms with Crippen molar-refractivity contribution in [1.29, 1.82) is 0 Å². The monoisotopic (exact) mass is 288 g/mol. The summed E-state index contributed by atoms with van der Waals surface area (Å²) >= 11 is 1.72. The van der Waals surface area contributed by atoms with Gasteiger partial charge in [-0.3, -0.25) is 10.2 Å². The Labute approximate surface area is 121 Å². The molecule has 0 spiro atoms. The number of hydrogen-bond donors (Lipinski definition) is 2. The van der Waals surface area contributed by atoms with Gasteiger partial charge >= 0.3 is 5.91 Å². The van der Waals surface area contributed by atoms with Crippen LogP contribution in [-0.2, 0) is 18.6 Å². The molecule has 1 aromatic carbocycles. The summed E-state index contributed by atoms with van der Waals surface area (Å²) in [6.07, 6.45) is 3.65. The highest BCUT2D eigenvalue weighted by Gasteiger charge is 2.12. The van der Waals surface area contributed by atoms with Gasteiger partial charge in [-0.15, -0.1) is 11.8 Å². The highest BCUT2D eigenvalue weighted by atomic mass is 32.2. The Kier molecular flexibility index (Phi) is 3.80. The van der Waals surface area contributed by atoms with Gasteiger partial charge in [-0.1, -0.05) is 6.07 Å². The average molecular weight is 288 g/mol. The first-order valence-corrected chi connectivity index (χ1v) is 7.59. The van der Waals surface area contributed by atoms with E-state index in [1.165, 1.54) is 35.3 Å². The number of nitrogen functional groups attached to an aromatic ring is 1. The van der Waals surface area contributed by atoms with Crippen LogP contribution in [0.4, 0.5) is 0 Å². The van der Waals surface area contributed by atoms with E-state index in [4.69, 9.17) is 10.3 Å². The van der Waals surface area contributed by atoms with Crippen molar-refractivity contribution in [3.8, 4) is 0 Å². The topological polar surface area (TPSA) is 68.3 Å². The number of benzene rings is 1. The van der Waals surface area contributed by atoms with Crippen LogP contribution in [0, 0.1) is 0 Å². The van der Waals surface area contributed by atoms with E-state index >= 15 is 0 Å². The number of carbonyl (C=O) groups excluding carboxylic acids is 1. The smallest absolute Gasteiger partial charge is 0.300 e. The predicted octanol–water partition coefficient (Wildman–Crippen LogP) is 2.66. The third-order valence-corrected chi connectivity index (χ3v) is 4.48. The summed E-state index contributed by atoms with van der Waals surface area (Å²) < 4.78 is 5.44. The van der Waals surface area contributed by atoms with Crippen LogP contribution in [0.5, 0.6) is 0 Å². The Balaban J connectivity index is 1.64. The van der Waals surface area contributed by atoms with Crippen molar-refractivity contribution in [1.82, 2.24) is 5.43 Å². The molecule has 0 unspecified atom stereocenters. The fraction of sp³-hybridized carbons (Fsp3) is 0.267. The van der Waals surface area contributed by atoms with Crippen LogP contribution in [0.25, 0.3) is 0 Å². The number of fused-ring (bicyclic) bond motifs is 1. The first kappa shape index (κ1) is 13.3. The molecule has 1 aliphatic carbocycles. The standard InChI is InChI=1S/C15H16N2O2S/c16-17-15(18)14-7-5-12(19-14)9-20-13-6-4-10-2-1-3-11(10)8-13/h4-8H,1-3,9,16H2,(H,17,18). The molecule has 0 aliphatic heterocycles. The van der Waals surface area contributed by atoms with Crippen molar-refractivity contribution in [3.63, 3.8) is 0 Å². The van der Waals surface area contributed by atoms with E-state index in [0.29, 0.717) is 5.75 Å². The fourth-order valence-corrected chi connectivity index (χ4v) is 3.30. The molecule has 1 aromatic heterocycles. The molecule has 2 aromatic rings. The Bertz CT molecular complexity index is 637. The molecule has 0 saturated carbocycles. The lowest BCUT2D eigenvalue weighted by Gasteiger charge is -2.03. The molecule has 5 heteroatoms. The molecule has 1 heterocycles. The van der Waals surface area contributed by atoms with Gasteiger partial charge in [-0.2, -0.15) is 0 Å². The SMILES string of the molecule is NNC(=O)c1ccc(CSc2ccc3c(c2)CCC3)o1. The summed E-state index contributed by atoms with van der Waals surface area (Å²) in [6.45, 7) is 0. The third kappa shape index (κ3) is 2.73. The van der Waals surface area contributed by atoms with E-state index in [1.807, 2.05) is 6.07 Å². The summed E-state index contributed by atoms with van der Waals surface area (Å²) in [4.78, 5) is 12.5. The number of amides is 1. The van der Waals surface area contributed by atoms with Gasteiger partial charge in [0, 0.05) is 4.90 Å². The number of aryl methyl sites for hydroxylation is 2. The van der Waals surface area contributed by atoms with Crippen molar-refractivity contribution in [2.75, 3.05) is 0 Å². The summed E-state index contributed by atoms with van der Waals surface area (Å²) in [5.74, 6) is 6.39. The number of nitrogens with one attached hydrogen (secondary N) is 1. The Morgan fingerprint density at radius 1 is 1.25 bits per heavy atom. The largest absolute Gasteiger partial charge is 0.455 e. The highest BCUT2D eigenvalue weighted by Crippen LogP contribution is 2.29. The fourth-order valence-electron chi connectivity index (χ4n) is 2.44. The zero-order valence-corrected chi connectivity index (χ0v) is 11.8. The third-order valence-electron chi connectivity index (χ3n) is 3.47. The minimum Gasteiger partial charge on any atom is -0.455 e. The second kappa shape index (κ2) is 5.73. The van der Waals surface area contributed by atoms with E-state index < -0.39 is 5.91 Å². The minimum atomic E-state index is -0.404. The number of carbonyl (C=O) groups is 1. The zero-order valence-electron chi connectivity index (χ0n) is 11.0. The second-order valence-corrected chi connectivity index (χ2v) is 5.86. The van der Waals surface area contributed by atoms with Gasteiger partial charge in [0.1, 0.15) is 5.76 Å². The van der Waals surface area contributed by atoms with Crippen LogP contribution in [0.1, 0.15) is 33.9 Å². The van der Waals surface area contributed by atoms with E-state index in [1.54, 1.807) is 17.8 Å². The van der Waals surface area contributed by atoms with Gasteiger partial charge in [-0.25, -0.2) is 5.84 Å². The number of thioether (sulfide) groups is 1. The lowest BCUT2D eigenvalue weighted by atomic mass is 10.1. The van der Waals surface area contributed by atoms with Gasteiger partial charge in [0.15, 0.2) is 5.76 Å². The first-order valence-electron chi connectivity index (χ1n) is 6.60. The van der Waals surface area contributed by atoms with Crippen molar-refractivity contribution in [2.45, 2.75) is 29.9 Å². The van der Waals surface area contributed by atoms with E-state index in [9.17, 15) is 4.79 Å². The van der Waals surface area contributed by atoms with Gasteiger partial charge in [0.25, 0.3) is 0 Å². The number of hydrazine groups is 1. The molecule has 0 saturated heterocycles. The number of rotatable bonds is 4. The Hall–Kier alpha value is -1.72. The van der Waals surface area contributed by atoms with Crippen molar-refractivity contribution < 1.29 is 9.21 Å². The number of hydrogen-bond acceptors (Lipinski definition) is 4. The van der Waals surface area contributed by atoms with Crippen molar-refractivity contribution in [3.05, 3.63) is 53.0 Å². The second-order valence-electron chi connectivity index (χ2n) is 4.81. The van der Waals surface area contributed by atoms with Gasteiger partial charge < -0.3 is 4.42 Å². The molecule has 104 valence electrons. The number of furan rings is 1. The van der Waals surface area contributed by atoms with Gasteiger partial charge in [0.05, 0.1) is 5.75 Å². The molecule has 3 rings (SSSR count). The van der Waals surface area contributed by atoms with Crippen molar-refractivity contribution in [2.24, 2.45) is 5.84 Å². The summed E-state index contributed by atoms with van der Waals surface area (Å²) in [5.41, 5.74) is 5.01. The van der Waals surface area contributed by atoms with Crippen LogP contribution in [-0.4, -0.2) is 5.91 Å². The minimum absolute atomic E-state index is 0.247. The normalized spacial score (nSPS) is 13.2. The van der Waals surface area contributed by atoms with E-state index in [-0.39, 0.29) is 5.76 Å². The maximum atomic E-state index is 11.3. The predicted molar refractivity (Wildman–Crippen MR) is 78.4 cm³/mol. The quantitative estimate of drug-likeness (QED) is 0.393. The van der Waals surface area contributed by atoms with Crippen LogP contribution >= 0.6 is 11.8 Å². The van der Waals surface area contributed by atoms with Gasteiger partial charge in [0.2, 0.25) is 0 Å². The molecule has 0 atom stereocenters. The van der Waals surface area contributed by atoms with Crippen LogP contribution in [0.3, 0.4) is 0 Å². The Morgan fingerprint density at radius 3 is 2.95 bits per heavy atom. The van der Waals surface area contributed by atoms with Crippen LogP contribution < -0.4 is 11.3 Å². The maximum absolute atomic E-state index is 11.3. The molecule has 1 aliphatic rings. The van der Waals surface area contributed by atoms with E-state index in [0.717, 1.165) is 5.76 Å². The molecule has 20 heavy (non-hydrogen) atoms. The zero-order chi connectivity index (χ0) is 13.9. The summed E-state index contributed by atoms with van der Waals surface area (Å²) in [5, 5.41) is 0. The molecule has 3 N–H and O–H groups in total. The molecular formula is C15H16N2O2S. The molecular weight excluding hydrogens is 272 g/mol. The molecule has 0 radical (unpaired) electrons. The molecule has 4 nitrogen and oxygen atoms in total. The Morgan fingerprint density at radius 2 is 2.10 bits per heavy atom. The van der Waals surface area contributed by atoms with Crippen molar-refractivity contribution >= 4 is 17.7 Å². The molecule has 0 bridgehead atoms. The molecule has 0 fully saturated rings. The first-order chi connectivity index (χ1) is 9.76. The molecule has 1 amide bonds. The summed E-state index contributed by atoms with van der Waals surface area (Å²) in [6, 6.07) is 10.1. The van der Waals surface area contributed by atoms with E-state index in [2.05, 4.69) is 23.6 Å². The van der Waals surface area contributed by atoms with Crippen LogP contribution in [0.2, 0.25) is 0 Å². The lowest BCUT2D eigenvalue weighted by Crippen LogP contribution is -2.29.